The minimum Gasteiger partial charge on any atom is -0.747 e. The summed E-state index contributed by atoms with van der Waals surface area (Å²) in [4.78, 5) is 99.3. The Kier molecular flexibility index (Phi) is 17.7. The van der Waals surface area contributed by atoms with Crippen LogP contribution in [0.1, 0.15) is 71.6 Å². The summed E-state index contributed by atoms with van der Waals surface area (Å²) in [5.41, 5.74) is 0. The summed E-state index contributed by atoms with van der Waals surface area (Å²) >= 11 is 0. The molecule has 1 atom stereocenters. The maximum absolute atomic E-state index is 12.2. The first-order valence-electron chi connectivity index (χ1n) is 15.3. The number of imide groups is 3. The standard InChI is InChI=1S/C16H18N2O9S.C12H14NO3.C2H6.2Ag/c19-12-5-6-13(20)17(12)8-9-1-3-10(4-2-9)16(23)27-18-14(21)7-11(15(18)22)28(24,25)26;14-8-10-3-1-9(2-4-10)7-13-11(15)5-6-12(13)16;1-2;;/h5-6,9-11H,1-4,7-8H2,(H,24,25,26);5-6,9-10H,1-4,7H2;1-2H3;;/q;-1;;;+1/p-1. The number of nitrogens with zero attached hydrogens (tertiary/aromatic N) is 3. The molecule has 1 radical (unpaired) electrons. The summed E-state index contributed by atoms with van der Waals surface area (Å²) in [5.74, 6) is -4.67. The van der Waals surface area contributed by atoms with Crippen molar-refractivity contribution in [1.82, 2.24) is 14.9 Å². The largest absolute Gasteiger partial charge is 1.00 e. The zero-order chi connectivity index (χ0) is 34.2. The average molecular weight is 879 g/mol. The summed E-state index contributed by atoms with van der Waals surface area (Å²) in [6, 6.07) is 0. The second-order valence-corrected chi connectivity index (χ2v) is 13.0. The maximum Gasteiger partial charge on any atom is 1.00 e. The van der Waals surface area contributed by atoms with Crippen molar-refractivity contribution < 1.29 is 101 Å². The number of hydroxylamine groups is 2. The van der Waals surface area contributed by atoms with Crippen LogP contribution in [0.25, 0.3) is 0 Å². The van der Waals surface area contributed by atoms with Gasteiger partial charge in [0.1, 0.15) is 15.4 Å². The number of carbonyl (C=O) groups excluding carboxylic acids is 8. The predicted molar refractivity (Wildman–Crippen MR) is 156 cm³/mol. The van der Waals surface area contributed by atoms with E-state index in [0.29, 0.717) is 38.1 Å². The van der Waals surface area contributed by atoms with E-state index in [2.05, 4.69) is 0 Å². The number of amides is 6. The van der Waals surface area contributed by atoms with E-state index < -0.39 is 45.5 Å². The van der Waals surface area contributed by atoms with Crippen LogP contribution in [0.4, 0.5) is 0 Å². The molecule has 3 fully saturated rings. The summed E-state index contributed by atoms with van der Waals surface area (Å²) < 4.78 is 33.0. The van der Waals surface area contributed by atoms with Crippen LogP contribution < -0.4 is 0 Å². The molecule has 273 valence electrons. The molecule has 15 nitrogen and oxygen atoms in total. The fraction of sp³-hybridized carbons (Fsp3) is 0.600. The molecule has 1 saturated heterocycles. The van der Waals surface area contributed by atoms with Crippen molar-refractivity contribution in [2.45, 2.75) is 76.9 Å². The van der Waals surface area contributed by atoms with Gasteiger partial charge in [-0.05, 0) is 37.5 Å². The third-order valence-corrected chi connectivity index (χ3v) is 9.53. The third kappa shape index (κ3) is 11.2. The Labute approximate surface area is 309 Å². The number of carbonyl (C=O) groups is 7. The second-order valence-electron chi connectivity index (χ2n) is 11.4. The van der Waals surface area contributed by atoms with Crippen LogP contribution in [0.15, 0.2) is 24.3 Å². The first kappa shape index (κ1) is 43.5. The molecule has 2 aliphatic carbocycles. The van der Waals surface area contributed by atoms with E-state index in [1.165, 1.54) is 29.2 Å². The van der Waals surface area contributed by atoms with Crippen LogP contribution in [0, 0.1) is 23.7 Å². The van der Waals surface area contributed by atoms with E-state index in [1.807, 2.05) is 20.1 Å². The van der Waals surface area contributed by atoms with Gasteiger partial charge in [0.15, 0.2) is 0 Å². The first-order chi connectivity index (χ1) is 21.8. The van der Waals surface area contributed by atoms with Crippen LogP contribution in [-0.4, -0.2) is 93.9 Å². The van der Waals surface area contributed by atoms with E-state index in [1.54, 1.807) is 0 Å². The van der Waals surface area contributed by atoms with Gasteiger partial charge in [-0.3, -0.25) is 44.9 Å². The van der Waals surface area contributed by atoms with Gasteiger partial charge in [-0.15, -0.1) is 11.0 Å². The van der Waals surface area contributed by atoms with Crippen molar-refractivity contribution in [2.75, 3.05) is 13.1 Å². The fourth-order valence-electron chi connectivity index (χ4n) is 5.85. The Bertz CT molecular complexity index is 1380. The molecular weight excluding hydrogens is 842 g/mol. The molecule has 18 heteroatoms. The number of hydrogen-bond acceptors (Lipinski definition) is 12. The molecule has 6 amide bonds. The SMILES string of the molecule is CC.O=C(ON1C(=O)CC(S(=O)(=O)[O-])C1=O)C1CCC(CN2C(=O)C=CC2=O)CC1.O=[C-]C1CCC(CN2C(=O)C=CC2=O)CC1.[Ag+].[Ag]. The molecule has 3 aliphatic heterocycles. The second kappa shape index (κ2) is 19.6. The zero-order valence-corrected chi connectivity index (χ0v) is 30.0. The topological polar surface area (TPSA) is 213 Å². The summed E-state index contributed by atoms with van der Waals surface area (Å²) in [7, 11) is -5.02. The molecule has 0 aromatic carbocycles. The Morgan fingerprint density at radius 1 is 0.792 bits per heavy atom. The molecule has 1 unspecified atom stereocenters. The smallest absolute Gasteiger partial charge is 0.747 e. The predicted octanol–water partition coefficient (Wildman–Crippen LogP) is 0.697. The van der Waals surface area contributed by atoms with Crippen LogP contribution in [-0.2, 0) is 98.1 Å². The van der Waals surface area contributed by atoms with Gasteiger partial charge in [0.05, 0.1) is 12.3 Å². The van der Waals surface area contributed by atoms with Crippen LogP contribution >= 0.6 is 0 Å². The molecular formula is C30H37Ag2N3O12S-. The van der Waals surface area contributed by atoms with Gasteiger partial charge >= 0.3 is 28.3 Å². The van der Waals surface area contributed by atoms with Crippen LogP contribution in [0.2, 0.25) is 0 Å². The molecule has 48 heavy (non-hydrogen) atoms. The minimum atomic E-state index is -5.02. The van der Waals surface area contributed by atoms with Crippen molar-refractivity contribution >= 4 is 57.8 Å². The van der Waals surface area contributed by atoms with E-state index >= 15 is 0 Å². The Balaban J connectivity index is 0.000000493. The van der Waals surface area contributed by atoms with Gasteiger partial charge < -0.3 is 14.2 Å². The monoisotopic (exact) mass is 877 g/mol. The van der Waals surface area contributed by atoms with Gasteiger partial charge in [0.2, 0.25) is 0 Å². The first-order valence-corrected chi connectivity index (χ1v) is 16.7. The van der Waals surface area contributed by atoms with Gasteiger partial charge in [-0.2, -0.15) is 0 Å². The molecule has 0 N–H and O–H groups in total. The molecule has 5 aliphatic rings. The average Bonchev–Trinajstić information content (AvgIpc) is 3.64. The van der Waals surface area contributed by atoms with E-state index in [-0.39, 0.29) is 91.8 Å². The van der Waals surface area contributed by atoms with Crippen molar-refractivity contribution in [3.05, 3.63) is 24.3 Å². The number of hydrogen-bond donors (Lipinski definition) is 0. The van der Waals surface area contributed by atoms with Crippen molar-refractivity contribution in [2.24, 2.45) is 23.7 Å². The fourth-order valence-corrected chi connectivity index (χ4v) is 6.54. The number of rotatable bonds is 8. The maximum atomic E-state index is 12.2. The van der Waals surface area contributed by atoms with Gasteiger partial charge in [-0.1, -0.05) is 39.5 Å². The Morgan fingerprint density at radius 3 is 1.54 bits per heavy atom. The minimum absolute atomic E-state index is 0. The van der Waals surface area contributed by atoms with Gasteiger partial charge in [-0.25, -0.2) is 13.2 Å². The summed E-state index contributed by atoms with van der Waals surface area (Å²) in [6.45, 7) is 4.74. The van der Waals surface area contributed by atoms with Gasteiger partial charge in [0, 0.05) is 59.8 Å². The summed E-state index contributed by atoms with van der Waals surface area (Å²) in [5, 5.41) is -2.02. The van der Waals surface area contributed by atoms with Crippen LogP contribution in [0.5, 0.6) is 0 Å². The van der Waals surface area contributed by atoms with Crippen molar-refractivity contribution in [1.29, 1.82) is 0 Å². The summed E-state index contributed by atoms with van der Waals surface area (Å²) in [6.07, 6.45) is 11.4. The Hall–Kier alpha value is -2.57. The van der Waals surface area contributed by atoms with Crippen molar-refractivity contribution in [3.63, 3.8) is 0 Å². The van der Waals surface area contributed by atoms with Crippen LogP contribution in [0.3, 0.4) is 0 Å². The normalized spacial score (nSPS) is 26.6. The molecule has 0 aromatic heterocycles. The van der Waals surface area contributed by atoms with E-state index in [0.717, 1.165) is 30.6 Å². The Morgan fingerprint density at radius 2 is 1.19 bits per heavy atom. The third-order valence-electron chi connectivity index (χ3n) is 8.47. The quantitative estimate of drug-likeness (QED) is 0.143. The molecule has 0 spiro atoms. The molecule has 5 rings (SSSR count). The van der Waals surface area contributed by atoms with Crippen molar-refractivity contribution in [3.8, 4) is 0 Å². The molecule has 3 heterocycles. The molecule has 2 saturated carbocycles. The van der Waals surface area contributed by atoms with E-state index in [9.17, 15) is 51.3 Å². The van der Waals surface area contributed by atoms with Gasteiger partial charge in [0.25, 0.3) is 35.4 Å². The zero-order valence-electron chi connectivity index (χ0n) is 26.2. The van der Waals surface area contributed by atoms with E-state index in [4.69, 9.17) is 4.84 Å². The molecule has 0 bridgehead atoms. The molecule has 0 aromatic rings.